The third-order valence-electron chi connectivity index (χ3n) is 1.73. The van der Waals surface area contributed by atoms with E-state index in [0.29, 0.717) is 13.2 Å². The van der Waals surface area contributed by atoms with Gasteiger partial charge in [-0.3, -0.25) is 4.79 Å². The lowest BCUT2D eigenvalue weighted by Gasteiger charge is -2.25. The summed E-state index contributed by atoms with van der Waals surface area (Å²) in [6.07, 6.45) is 0.199. The van der Waals surface area contributed by atoms with E-state index >= 15 is 0 Å². The molecule has 0 aromatic rings. The van der Waals surface area contributed by atoms with Crippen LogP contribution in [0.4, 0.5) is 4.39 Å². The highest BCUT2D eigenvalue weighted by Crippen LogP contribution is 2.24. The smallest absolute Gasteiger partial charge is 0.255 e. The second-order valence-corrected chi connectivity index (χ2v) is 2.44. The number of ether oxygens (including phenoxy) is 1. The Morgan fingerprint density at radius 1 is 1.50 bits per heavy atom. The molecule has 1 aliphatic rings. The van der Waals surface area contributed by atoms with Crippen LogP contribution >= 0.6 is 0 Å². The van der Waals surface area contributed by atoms with Crippen LogP contribution in [0.2, 0.25) is 0 Å². The maximum Gasteiger partial charge on any atom is 0.255 e. The zero-order valence-corrected chi connectivity index (χ0v) is 5.60. The summed E-state index contributed by atoms with van der Waals surface area (Å²) in [5.41, 5.74) is 3.02. The second kappa shape index (κ2) is 2.54. The lowest BCUT2D eigenvalue weighted by molar-refractivity contribution is -0.135. The first-order chi connectivity index (χ1) is 4.65. The average molecular weight is 147 g/mol. The number of nitrogens with two attached hydrogens (primary N) is 1. The van der Waals surface area contributed by atoms with Crippen molar-refractivity contribution in [2.45, 2.75) is 18.5 Å². The molecule has 0 atom stereocenters. The largest absolute Gasteiger partial charge is 0.381 e. The fraction of sp³-hybridized carbons (Fsp3) is 0.833. The first kappa shape index (κ1) is 7.47. The van der Waals surface area contributed by atoms with Crippen molar-refractivity contribution >= 4 is 5.91 Å². The lowest BCUT2D eigenvalue weighted by atomic mass is 9.96. The molecule has 1 rings (SSSR count). The van der Waals surface area contributed by atoms with E-state index in [0.717, 1.165) is 0 Å². The minimum atomic E-state index is -1.81. The molecule has 1 fully saturated rings. The van der Waals surface area contributed by atoms with Gasteiger partial charge in [-0.1, -0.05) is 0 Å². The summed E-state index contributed by atoms with van der Waals surface area (Å²) in [5, 5.41) is 0. The molecule has 0 bridgehead atoms. The van der Waals surface area contributed by atoms with Crippen LogP contribution in [0.25, 0.3) is 0 Å². The Hall–Kier alpha value is -0.640. The molecular weight excluding hydrogens is 137 g/mol. The number of carbonyl (C=O) groups is 1. The Balaban J connectivity index is 2.56. The molecule has 1 aliphatic heterocycles. The molecule has 10 heavy (non-hydrogen) atoms. The molecule has 1 amide bonds. The van der Waals surface area contributed by atoms with Gasteiger partial charge in [-0.2, -0.15) is 0 Å². The summed E-state index contributed by atoms with van der Waals surface area (Å²) >= 11 is 0. The molecule has 0 spiro atoms. The normalized spacial score (nSPS) is 24.1. The highest BCUT2D eigenvalue weighted by molar-refractivity contribution is 5.83. The fourth-order valence-electron chi connectivity index (χ4n) is 0.941. The number of amides is 1. The molecule has 58 valence electrons. The average Bonchev–Trinajstić information content (AvgIpc) is 1.89. The van der Waals surface area contributed by atoms with Crippen molar-refractivity contribution in [2.75, 3.05) is 13.2 Å². The van der Waals surface area contributed by atoms with Crippen LogP contribution in [0.3, 0.4) is 0 Å². The maximum absolute atomic E-state index is 13.1. The van der Waals surface area contributed by atoms with Crippen LogP contribution in [0, 0.1) is 0 Å². The third kappa shape index (κ3) is 1.26. The van der Waals surface area contributed by atoms with Crippen LogP contribution in [0.5, 0.6) is 0 Å². The van der Waals surface area contributed by atoms with E-state index in [-0.39, 0.29) is 12.8 Å². The van der Waals surface area contributed by atoms with Crippen molar-refractivity contribution in [3.05, 3.63) is 0 Å². The number of hydrogen-bond acceptors (Lipinski definition) is 2. The van der Waals surface area contributed by atoms with E-state index < -0.39 is 11.6 Å². The molecule has 0 aromatic carbocycles. The van der Waals surface area contributed by atoms with Gasteiger partial charge in [-0.15, -0.1) is 0 Å². The summed E-state index contributed by atoms with van der Waals surface area (Å²) in [6.45, 7) is 0.582. The first-order valence-electron chi connectivity index (χ1n) is 3.22. The molecular formula is C6H10FNO2. The molecule has 3 nitrogen and oxygen atoms in total. The van der Waals surface area contributed by atoms with Crippen LogP contribution < -0.4 is 5.73 Å². The van der Waals surface area contributed by atoms with Gasteiger partial charge in [-0.05, 0) is 0 Å². The van der Waals surface area contributed by atoms with Gasteiger partial charge in [0.25, 0.3) is 5.91 Å². The van der Waals surface area contributed by atoms with Crippen molar-refractivity contribution in [3.8, 4) is 0 Å². The number of alkyl halides is 1. The van der Waals surface area contributed by atoms with Crippen molar-refractivity contribution in [1.29, 1.82) is 0 Å². The molecule has 0 radical (unpaired) electrons. The Labute approximate surface area is 58.3 Å². The van der Waals surface area contributed by atoms with Crippen molar-refractivity contribution in [3.63, 3.8) is 0 Å². The summed E-state index contributed by atoms with van der Waals surface area (Å²) in [6, 6.07) is 0. The highest BCUT2D eigenvalue weighted by atomic mass is 19.1. The summed E-state index contributed by atoms with van der Waals surface area (Å²) in [7, 11) is 0. The van der Waals surface area contributed by atoms with E-state index in [9.17, 15) is 9.18 Å². The predicted molar refractivity (Wildman–Crippen MR) is 33.1 cm³/mol. The number of rotatable bonds is 1. The Bertz CT molecular complexity index is 143. The summed E-state index contributed by atoms with van der Waals surface area (Å²) < 4.78 is 18.0. The van der Waals surface area contributed by atoms with Gasteiger partial charge in [0.1, 0.15) is 0 Å². The molecule has 2 N–H and O–H groups in total. The standard InChI is InChI=1S/C6H10FNO2/c7-6(5(8)9)1-3-10-4-2-6/h1-4H2,(H2,8,9). The molecule has 1 heterocycles. The summed E-state index contributed by atoms with van der Waals surface area (Å²) in [4.78, 5) is 10.5. The van der Waals surface area contributed by atoms with Crippen molar-refractivity contribution in [2.24, 2.45) is 5.73 Å². The molecule has 0 aromatic heterocycles. The second-order valence-electron chi connectivity index (χ2n) is 2.44. The number of carbonyl (C=O) groups excluding carboxylic acids is 1. The van der Waals surface area contributed by atoms with E-state index in [4.69, 9.17) is 10.5 Å². The van der Waals surface area contributed by atoms with Crippen LogP contribution in [-0.2, 0) is 9.53 Å². The topological polar surface area (TPSA) is 52.3 Å². The minimum Gasteiger partial charge on any atom is -0.381 e. The third-order valence-corrected chi connectivity index (χ3v) is 1.73. The van der Waals surface area contributed by atoms with Crippen molar-refractivity contribution < 1.29 is 13.9 Å². The maximum atomic E-state index is 13.1. The predicted octanol–water partition coefficient (Wildman–Crippen LogP) is -0.00960. The number of hydrogen-bond donors (Lipinski definition) is 1. The van der Waals surface area contributed by atoms with Gasteiger partial charge in [0, 0.05) is 12.8 Å². The van der Waals surface area contributed by atoms with Crippen molar-refractivity contribution in [1.82, 2.24) is 0 Å². The van der Waals surface area contributed by atoms with Crippen LogP contribution in [0.15, 0.2) is 0 Å². The first-order valence-corrected chi connectivity index (χ1v) is 3.22. The molecule has 0 unspecified atom stereocenters. The molecule has 0 saturated carbocycles. The monoisotopic (exact) mass is 147 g/mol. The lowest BCUT2D eigenvalue weighted by Crippen LogP contribution is -2.44. The van der Waals surface area contributed by atoms with E-state index in [1.165, 1.54) is 0 Å². The van der Waals surface area contributed by atoms with Gasteiger partial charge >= 0.3 is 0 Å². The minimum absolute atomic E-state index is 0.0995. The molecule has 0 aliphatic carbocycles. The zero-order valence-electron chi connectivity index (χ0n) is 5.60. The fourth-order valence-corrected chi connectivity index (χ4v) is 0.941. The highest BCUT2D eigenvalue weighted by Gasteiger charge is 2.38. The van der Waals surface area contributed by atoms with E-state index in [2.05, 4.69) is 0 Å². The number of halogens is 1. The molecule has 4 heteroatoms. The Morgan fingerprint density at radius 2 is 2.00 bits per heavy atom. The van der Waals surface area contributed by atoms with Gasteiger partial charge in [0.2, 0.25) is 0 Å². The quantitative estimate of drug-likeness (QED) is 0.567. The summed E-state index contributed by atoms with van der Waals surface area (Å²) in [5.74, 6) is -0.865. The van der Waals surface area contributed by atoms with Gasteiger partial charge in [0.15, 0.2) is 5.67 Å². The Morgan fingerprint density at radius 3 is 2.30 bits per heavy atom. The van der Waals surface area contributed by atoms with E-state index in [1.807, 2.05) is 0 Å². The SMILES string of the molecule is NC(=O)C1(F)CCOCC1. The number of primary amides is 1. The Kier molecular flexibility index (Phi) is 1.89. The molecule has 1 saturated heterocycles. The van der Waals surface area contributed by atoms with Gasteiger partial charge in [-0.25, -0.2) is 4.39 Å². The van der Waals surface area contributed by atoms with Crippen LogP contribution in [-0.4, -0.2) is 24.8 Å². The van der Waals surface area contributed by atoms with Gasteiger partial charge in [0.05, 0.1) is 13.2 Å². The van der Waals surface area contributed by atoms with Gasteiger partial charge < -0.3 is 10.5 Å². The zero-order chi connectivity index (χ0) is 7.61. The van der Waals surface area contributed by atoms with E-state index in [1.54, 1.807) is 0 Å². The van der Waals surface area contributed by atoms with Crippen LogP contribution in [0.1, 0.15) is 12.8 Å².